The first-order valence-electron chi connectivity index (χ1n) is 7.67. The molecule has 3 nitrogen and oxygen atoms in total. The van der Waals surface area contributed by atoms with E-state index in [1.54, 1.807) is 0 Å². The Bertz CT molecular complexity index is 343. The molecule has 5 fully saturated rings. The summed E-state index contributed by atoms with van der Waals surface area (Å²) in [7, 11) is 0. The Morgan fingerprint density at radius 1 is 1.06 bits per heavy atom. The second-order valence-electron chi connectivity index (χ2n) is 7.64. The molecule has 5 saturated carbocycles. The van der Waals surface area contributed by atoms with Crippen molar-refractivity contribution < 1.29 is 4.79 Å². The molecule has 5 aliphatic carbocycles. The first-order valence-corrected chi connectivity index (χ1v) is 7.67. The molecule has 18 heavy (non-hydrogen) atoms. The summed E-state index contributed by atoms with van der Waals surface area (Å²) >= 11 is 0. The molecule has 0 saturated heterocycles. The summed E-state index contributed by atoms with van der Waals surface area (Å²) in [6, 6.07) is 0.140. The van der Waals surface area contributed by atoms with Crippen LogP contribution < -0.4 is 11.1 Å². The minimum atomic E-state index is 0.124. The molecule has 0 spiro atoms. The molecule has 0 heterocycles. The third kappa shape index (κ3) is 1.78. The predicted molar refractivity (Wildman–Crippen MR) is 69.7 cm³/mol. The third-order valence-corrected chi connectivity index (χ3v) is 5.98. The van der Waals surface area contributed by atoms with Crippen LogP contribution in [0.15, 0.2) is 0 Å². The molecule has 3 heteroatoms. The van der Waals surface area contributed by atoms with E-state index in [9.17, 15) is 4.79 Å². The Morgan fingerprint density at radius 3 is 2.00 bits per heavy atom. The molecule has 0 aromatic rings. The van der Waals surface area contributed by atoms with E-state index < -0.39 is 0 Å². The summed E-state index contributed by atoms with van der Waals surface area (Å²) in [5, 5.41) is 3.21. The van der Waals surface area contributed by atoms with Gasteiger partial charge in [-0.25, -0.2) is 0 Å². The number of hydrogen-bond donors (Lipinski definition) is 2. The van der Waals surface area contributed by atoms with Crippen LogP contribution in [0.4, 0.5) is 0 Å². The number of hydrogen-bond acceptors (Lipinski definition) is 2. The summed E-state index contributed by atoms with van der Waals surface area (Å²) in [4.78, 5) is 11.9. The molecule has 0 aliphatic heterocycles. The normalized spacial score (nSPS) is 52.4. The average molecular weight is 248 g/mol. The van der Waals surface area contributed by atoms with Gasteiger partial charge in [0, 0.05) is 12.6 Å². The highest BCUT2D eigenvalue weighted by molar-refractivity contribution is 5.82. The molecule has 5 aliphatic rings. The summed E-state index contributed by atoms with van der Waals surface area (Å²) in [6.07, 6.45) is 9.43. The Morgan fingerprint density at radius 2 is 1.56 bits per heavy atom. The van der Waals surface area contributed by atoms with Crippen LogP contribution in [0.5, 0.6) is 0 Å². The molecule has 0 radical (unpaired) electrons. The zero-order chi connectivity index (χ0) is 12.3. The molecule has 5 rings (SSSR count). The smallest absolute Gasteiger partial charge is 0.224 e. The van der Waals surface area contributed by atoms with Crippen LogP contribution in [0.2, 0.25) is 0 Å². The SMILES string of the molecule is NC1CC1C(=O)NCC12CC3CC(CC(C3)C1)C2. The lowest BCUT2D eigenvalue weighted by atomic mass is 9.49. The van der Waals surface area contributed by atoms with Gasteiger partial charge < -0.3 is 11.1 Å². The molecule has 100 valence electrons. The standard InChI is InChI=1S/C15H24N2O/c16-13-4-12(13)14(18)17-8-15-5-9-1-10(6-15)3-11(2-9)7-15/h9-13H,1-8,16H2,(H,17,18). The molecule has 3 N–H and O–H groups in total. The van der Waals surface area contributed by atoms with Gasteiger partial charge in [-0.2, -0.15) is 0 Å². The van der Waals surface area contributed by atoms with Crippen LogP contribution in [-0.4, -0.2) is 18.5 Å². The maximum absolute atomic E-state index is 11.9. The maximum Gasteiger partial charge on any atom is 0.224 e. The number of carbonyl (C=O) groups excluding carboxylic acids is 1. The van der Waals surface area contributed by atoms with E-state index in [-0.39, 0.29) is 17.9 Å². The van der Waals surface area contributed by atoms with Gasteiger partial charge in [-0.05, 0) is 68.1 Å². The van der Waals surface area contributed by atoms with E-state index in [2.05, 4.69) is 5.32 Å². The summed E-state index contributed by atoms with van der Waals surface area (Å²) < 4.78 is 0. The molecular formula is C15H24N2O. The lowest BCUT2D eigenvalue weighted by Gasteiger charge is -2.56. The largest absolute Gasteiger partial charge is 0.355 e. The summed E-state index contributed by atoms with van der Waals surface area (Å²) in [5.74, 6) is 3.25. The quantitative estimate of drug-likeness (QED) is 0.798. The van der Waals surface area contributed by atoms with Gasteiger partial charge in [0.1, 0.15) is 0 Å². The van der Waals surface area contributed by atoms with Crippen molar-refractivity contribution in [1.82, 2.24) is 5.32 Å². The van der Waals surface area contributed by atoms with E-state index >= 15 is 0 Å². The lowest BCUT2D eigenvalue weighted by molar-refractivity contribution is -0.124. The number of carbonyl (C=O) groups is 1. The summed E-state index contributed by atoms with van der Waals surface area (Å²) in [5.41, 5.74) is 6.20. The molecule has 0 aromatic heterocycles. The molecule has 2 atom stereocenters. The van der Waals surface area contributed by atoms with E-state index in [1.807, 2.05) is 0 Å². The minimum absolute atomic E-state index is 0.124. The zero-order valence-electron chi connectivity index (χ0n) is 11.0. The highest BCUT2D eigenvalue weighted by Crippen LogP contribution is 2.59. The highest BCUT2D eigenvalue weighted by Gasteiger charge is 2.51. The predicted octanol–water partition coefficient (Wildman–Crippen LogP) is 1.67. The van der Waals surface area contributed by atoms with Gasteiger partial charge in [-0.15, -0.1) is 0 Å². The van der Waals surface area contributed by atoms with Gasteiger partial charge >= 0.3 is 0 Å². The number of nitrogens with one attached hydrogen (secondary N) is 1. The van der Waals surface area contributed by atoms with Crippen LogP contribution in [-0.2, 0) is 4.79 Å². The van der Waals surface area contributed by atoms with Crippen molar-refractivity contribution in [3.8, 4) is 0 Å². The van der Waals surface area contributed by atoms with Gasteiger partial charge in [0.2, 0.25) is 5.91 Å². The first kappa shape index (κ1) is 11.3. The second-order valence-corrected chi connectivity index (χ2v) is 7.64. The maximum atomic E-state index is 11.9. The van der Waals surface area contributed by atoms with Crippen molar-refractivity contribution in [2.45, 2.75) is 51.0 Å². The van der Waals surface area contributed by atoms with E-state index in [0.29, 0.717) is 5.41 Å². The fraction of sp³-hybridized carbons (Fsp3) is 0.933. The van der Waals surface area contributed by atoms with Crippen LogP contribution in [0.25, 0.3) is 0 Å². The third-order valence-electron chi connectivity index (χ3n) is 5.98. The fourth-order valence-electron chi connectivity index (χ4n) is 5.43. The number of rotatable bonds is 3. The Kier molecular flexibility index (Phi) is 2.33. The van der Waals surface area contributed by atoms with Crippen LogP contribution in [0.1, 0.15) is 44.9 Å². The van der Waals surface area contributed by atoms with Crippen molar-refractivity contribution >= 4 is 5.91 Å². The van der Waals surface area contributed by atoms with Gasteiger partial charge in [0.05, 0.1) is 5.92 Å². The molecule has 2 unspecified atom stereocenters. The van der Waals surface area contributed by atoms with E-state index in [0.717, 1.165) is 30.7 Å². The van der Waals surface area contributed by atoms with Gasteiger partial charge in [-0.3, -0.25) is 4.79 Å². The molecular weight excluding hydrogens is 224 g/mol. The van der Waals surface area contributed by atoms with E-state index in [1.165, 1.54) is 38.5 Å². The molecule has 4 bridgehead atoms. The molecule has 0 aromatic carbocycles. The van der Waals surface area contributed by atoms with Crippen molar-refractivity contribution in [3.05, 3.63) is 0 Å². The Hall–Kier alpha value is -0.570. The monoisotopic (exact) mass is 248 g/mol. The van der Waals surface area contributed by atoms with Crippen molar-refractivity contribution in [2.24, 2.45) is 34.8 Å². The van der Waals surface area contributed by atoms with Crippen LogP contribution >= 0.6 is 0 Å². The Balaban J connectivity index is 1.40. The van der Waals surface area contributed by atoms with Crippen molar-refractivity contribution in [3.63, 3.8) is 0 Å². The number of amides is 1. The average Bonchev–Trinajstić information content (AvgIpc) is 3.02. The van der Waals surface area contributed by atoms with Crippen LogP contribution in [0.3, 0.4) is 0 Å². The lowest BCUT2D eigenvalue weighted by Crippen LogP contribution is -2.51. The summed E-state index contributed by atoms with van der Waals surface area (Å²) in [6.45, 7) is 0.929. The minimum Gasteiger partial charge on any atom is -0.355 e. The second kappa shape index (κ2) is 3.72. The van der Waals surface area contributed by atoms with Crippen molar-refractivity contribution in [1.29, 1.82) is 0 Å². The van der Waals surface area contributed by atoms with Crippen molar-refractivity contribution in [2.75, 3.05) is 6.54 Å². The van der Waals surface area contributed by atoms with E-state index in [4.69, 9.17) is 5.73 Å². The highest BCUT2D eigenvalue weighted by atomic mass is 16.2. The number of nitrogens with two attached hydrogens (primary N) is 1. The first-order chi connectivity index (χ1) is 8.63. The fourth-order valence-corrected chi connectivity index (χ4v) is 5.43. The van der Waals surface area contributed by atoms with Gasteiger partial charge in [0.15, 0.2) is 0 Å². The van der Waals surface area contributed by atoms with Gasteiger partial charge in [0.25, 0.3) is 0 Å². The topological polar surface area (TPSA) is 55.1 Å². The van der Waals surface area contributed by atoms with Crippen LogP contribution in [0, 0.1) is 29.1 Å². The van der Waals surface area contributed by atoms with Gasteiger partial charge in [-0.1, -0.05) is 0 Å². The molecule has 1 amide bonds. The zero-order valence-corrected chi connectivity index (χ0v) is 11.0. The Labute approximate surface area is 109 Å².